The molecule has 3 aliphatic rings. The van der Waals surface area contributed by atoms with Gasteiger partial charge in [0.05, 0.1) is 56.8 Å². The predicted molar refractivity (Wildman–Crippen MR) is 169 cm³/mol. The van der Waals surface area contributed by atoms with Crippen LogP contribution in [0.1, 0.15) is 42.7 Å². The fourth-order valence-electron chi connectivity index (χ4n) is 6.64. The van der Waals surface area contributed by atoms with Gasteiger partial charge in [-0.15, -0.1) is 0 Å². The van der Waals surface area contributed by atoms with Crippen LogP contribution in [-0.4, -0.2) is 114 Å². The summed E-state index contributed by atoms with van der Waals surface area (Å²) in [7, 11) is 5.10. The van der Waals surface area contributed by atoms with E-state index in [2.05, 4.69) is 11.0 Å². The molecular weight excluding hydrogens is 580 g/mol. The van der Waals surface area contributed by atoms with Crippen LogP contribution in [0.5, 0.6) is 11.5 Å². The van der Waals surface area contributed by atoms with Crippen molar-refractivity contribution in [3.63, 3.8) is 0 Å². The zero-order chi connectivity index (χ0) is 31.6. The molecule has 3 atom stereocenters. The van der Waals surface area contributed by atoms with Crippen LogP contribution in [0.3, 0.4) is 0 Å². The minimum absolute atomic E-state index is 0.189. The van der Waals surface area contributed by atoms with E-state index >= 15 is 0 Å². The van der Waals surface area contributed by atoms with Crippen LogP contribution in [0, 0.1) is 0 Å². The van der Waals surface area contributed by atoms with Crippen molar-refractivity contribution in [3.05, 3.63) is 53.6 Å². The van der Waals surface area contributed by atoms with Gasteiger partial charge in [0.2, 0.25) is 0 Å². The molecule has 3 heterocycles. The molecule has 2 aromatic rings. The number of anilines is 1. The largest absolute Gasteiger partial charge is 0.497 e. The minimum Gasteiger partial charge on any atom is -0.497 e. The number of carbonyl (C=O) groups is 1. The van der Waals surface area contributed by atoms with E-state index < -0.39 is 18.3 Å². The standard InChI is InChI=1S/C34H48N2O9/c1-39-16-4-14-35-15-20-44-29-10-5-25(21-28(29)35)24-45-31-23-36(33(37)38)22-30(32(31)26-6-8-27(40-2)9-7-26)43-19-13-34(41-3)11-17-42-18-12-34/h5-10,21,30-32H,4,11-20,22-24H2,1-3H3,(H,37,38)/t30-,31+,32+/m1/s1. The van der Waals surface area contributed by atoms with E-state index in [0.29, 0.717) is 46.1 Å². The number of hydrogen-bond acceptors (Lipinski definition) is 9. The monoisotopic (exact) mass is 628 g/mol. The molecule has 0 radical (unpaired) electrons. The lowest BCUT2D eigenvalue weighted by Gasteiger charge is -2.43. The number of benzene rings is 2. The predicted octanol–water partition coefficient (Wildman–Crippen LogP) is 4.56. The van der Waals surface area contributed by atoms with Crippen LogP contribution in [0.2, 0.25) is 0 Å². The molecule has 0 aromatic heterocycles. The summed E-state index contributed by atoms with van der Waals surface area (Å²) in [4.78, 5) is 16.0. The Morgan fingerprint density at radius 1 is 0.978 bits per heavy atom. The summed E-state index contributed by atoms with van der Waals surface area (Å²) in [5, 5.41) is 10.1. The van der Waals surface area contributed by atoms with Crippen molar-refractivity contribution in [1.29, 1.82) is 0 Å². The van der Waals surface area contributed by atoms with Gasteiger partial charge in [0.15, 0.2) is 0 Å². The lowest BCUT2D eigenvalue weighted by atomic mass is 9.84. The highest BCUT2D eigenvalue weighted by molar-refractivity contribution is 5.65. The molecule has 2 fully saturated rings. The summed E-state index contributed by atoms with van der Waals surface area (Å²) in [5.74, 6) is 1.43. The molecule has 3 aliphatic heterocycles. The normalized spacial score (nSPS) is 22.9. The molecule has 5 rings (SSSR count). The van der Waals surface area contributed by atoms with Crippen molar-refractivity contribution in [2.75, 3.05) is 85.4 Å². The highest BCUT2D eigenvalue weighted by atomic mass is 16.5. The first kappa shape index (κ1) is 33.3. The Balaban J connectivity index is 1.35. The van der Waals surface area contributed by atoms with Gasteiger partial charge in [0.1, 0.15) is 18.1 Å². The second-order valence-electron chi connectivity index (χ2n) is 12.0. The summed E-state index contributed by atoms with van der Waals surface area (Å²) in [6.07, 6.45) is 1.42. The van der Waals surface area contributed by atoms with Crippen molar-refractivity contribution in [2.45, 2.75) is 56.0 Å². The van der Waals surface area contributed by atoms with Gasteiger partial charge in [0.25, 0.3) is 0 Å². The molecule has 0 unspecified atom stereocenters. The number of fused-ring (bicyclic) bond motifs is 1. The van der Waals surface area contributed by atoms with E-state index in [1.54, 1.807) is 21.3 Å². The number of hydrogen-bond donors (Lipinski definition) is 1. The van der Waals surface area contributed by atoms with E-state index in [0.717, 1.165) is 60.7 Å². The maximum Gasteiger partial charge on any atom is 0.407 e. The van der Waals surface area contributed by atoms with Gasteiger partial charge < -0.3 is 48.1 Å². The summed E-state index contributed by atoms with van der Waals surface area (Å²) in [5.41, 5.74) is 2.77. The van der Waals surface area contributed by atoms with Crippen LogP contribution in [0.4, 0.5) is 10.5 Å². The van der Waals surface area contributed by atoms with E-state index in [1.165, 1.54) is 4.90 Å². The minimum atomic E-state index is -0.985. The molecule has 0 aliphatic carbocycles. The van der Waals surface area contributed by atoms with Crippen LogP contribution in [0.15, 0.2) is 42.5 Å². The number of methoxy groups -OCH3 is 3. The lowest BCUT2D eigenvalue weighted by Crippen LogP contribution is -2.54. The SMILES string of the molecule is COCCCN1CCOc2ccc(CO[C@H]3CN(C(=O)O)C[C@@H](OCCC4(OC)CCOCC4)[C@@H]3c3ccc(OC)cc3)cc21. The fraction of sp³-hybridized carbons (Fsp3) is 0.618. The quantitative estimate of drug-likeness (QED) is 0.299. The number of amides is 1. The van der Waals surface area contributed by atoms with Crippen molar-refractivity contribution < 1.29 is 43.1 Å². The second-order valence-corrected chi connectivity index (χ2v) is 12.0. The third-order valence-corrected chi connectivity index (χ3v) is 9.32. The maximum absolute atomic E-state index is 12.3. The molecular formula is C34H48N2O9. The molecule has 0 bridgehead atoms. The van der Waals surface area contributed by atoms with Gasteiger partial charge >= 0.3 is 6.09 Å². The molecule has 11 heteroatoms. The number of rotatable bonds is 14. The highest BCUT2D eigenvalue weighted by Gasteiger charge is 2.42. The van der Waals surface area contributed by atoms with Gasteiger partial charge in [-0.2, -0.15) is 0 Å². The molecule has 1 N–H and O–H groups in total. The topological polar surface area (TPSA) is 108 Å². The molecule has 11 nitrogen and oxygen atoms in total. The zero-order valence-electron chi connectivity index (χ0n) is 26.8. The number of piperidine rings is 1. The fourth-order valence-corrected chi connectivity index (χ4v) is 6.64. The molecule has 45 heavy (non-hydrogen) atoms. The van der Waals surface area contributed by atoms with Crippen LogP contribution in [-0.2, 0) is 30.3 Å². The first-order valence-electron chi connectivity index (χ1n) is 15.9. The van der Waals surface area contributed by atoms with Gasteiger partial charge in [-0.25, -0.2) is 4.79 Å². The Kier molecular flexibility index (Phi) is 11.8. The maximum atomic E-state index is 12.3. The van der Waals surface area contributed by atoms with Gasteiger partial charge in [-0.05, 0) is 61.1 Å². The molecule has 2 aromatic carbocycles. The van der Waals surface area contributed by atoms with Crippen LogP contribution < -0.4 is 14.4 Å². The Bertz CT molecular complexity index is 1220. The Labute approximate surface area is 266 Å². The van der Waals surface area contributed by atoms with E-state index in [4.69, 9.17) is 33.2 Å². The van der Waals surface area contributed by atoms with E-state index in [-0.39, 0.29) is 24.6 Å². The Morgan fingerprint density at radius 2 is 1.73 bits per heavy atom. The number of carboxylic acid groups (broad SMARTS) is 1. The first-order valence-corrected chi connectivity index (χ1v) is 15.9. The van der Waals surface area contributed by atoms with Gasteiger partial charge in [-0.1, -0.05) is 18.2 Å². The Hall–Kier alpha value is -3.09. The second kappa shape index (κ2) is 16.0. The van der Waals surface area contributed by atoms with Crippen molar-refractivity contribution in [3.8, 4) is 11.5 Å². The third-order valence-electron chi connectivity index (χ3n) is 9.32. The summed E-state index contributed by atoms with van der Waals surface area (Å²) in [6.45, 7) is 5.61. The zero-order valence-corrected chi connectivity index (χ0v) is 26.8. The summed E-state index contributed by atoms with van der Waals surface area (Å²) < 4.78 is 41.3. The van der Waals surface area contributed by atoms with Crippen molar-refractivity contribution in [1.82, 2.24) is 4.90 Å². The molecule has 248 valence electrons. The third kappa shape index (κ3) is 8.39. The van der Waals surface area contributed by atoms with Crippen LogP contribution in [0.25, 0.3) is 0 Å². The summed E-state index contributed by atoms with van der Waals surface area (Å²) >= 11 is 0. The lowest BCUT2D eigenvalue weighted by molar-refractivity contribution is -0.123. The average Bonchev–Trinajstić information content (AvgIpc) is 3.07. The van der Waals surface area contributed by atoms with Gasteiger partial charge in [0, 0.05) is 53.1 Å². The van der Waals surface area contributed by atoms with Crippen molar-refractivity contribution >= 4 is 11.8 Å². The highest BCUT2D eigenvalue weighted by Crippen LogP contribution is 2.37. The molecule has 0 spiro atoms. The van der Waals surface area contributed by atoms with Gasteiger partial charge in [-0.3, -0.25) is 0 Å². The van der Waals surface area contributed by atoms with Crippen LogP contribution >= 0.6 is 0 Å². The molecule has 1 amide bonds. The molecule has 0 saturated carbocycles. The smallest absolute Gasteiger partial charge is 0.407 e. The average molecular weight is 629 g/mol. The van der Waals surface area contributed by atoms with Crippen molar-refractivity contribution in [2.24, 2.45) is 0 Å². The Morgan fingerprint density at radius 3 is 2.42 bits per heavy atom. The number of ether oxygens (including phenoxy) is 7. The first-order chi connectivity index (χ1) is 21.9. The number of likely N-dealkylation sites (tertiary alicyclic amines) is 1. The molecule has 2 saturated heterocycles. The van der Waals surface area contributed by atoms with E-state index in [1.807, 2.05) is 36.4 Å². The summed E-state index contributed by atoms with van der Waals surface area (Å²) in [6, 6.07) is 14.0. The number of nitrogens with zero attached hydrogens (tertiary/aromatic N) is 2. The van der Waals surface area contributed by atoms with E-state index in [9.17, 15) is 9.90 Å².